The Bertz CT molecular complexity index is 1020. The molecule has 2 aliphatic rings. The molecule has 0 N–H and O–H groups in total. The van der Waals surface area contributed by atoms with Crippen LogP contribution in [0.4, 0.5) is 0 Å². The zero-order valence-corrected chi connectivity index (χ0v) is 18.9. The predicted octanol–water partition coefficient (Wildman–Crippen LogP) is 1.46. The average Bonchev–Trinajstić information content (AvgIpc) is 3.19. The van der Waals surface area contributed by atoms with Crippen LogP contribution >= 0.6 is 0 Å². The summed E-state index contributed by atoms with van der Waals surface area (Å²) in [4.78, 5) is 52.6. The van der Waals surface area contributed by atoms with E-state index in [0.717, 1.165) is 10.5 Å². The Morgan fingerprint density at radius 3 is 1.82 bits per heavy atom. The van der Waals surface area contributed by atoms with Crippen molar-refractivity contribution < 1.29 is 28.7 Å². The van der Waals surface area contributed by atoms with Crippen LogP contribution in [0.2, 0.25) is 0 Å². The molecule has 178 valence electrons. The molecule has 0 saturated carbocycles. The zero-order chi connectivity index (χ0) is 23.9. The van der Waals surface area contributed by atoms with Gasteiger partial charge in [-0.1, -0.05) is 30.3 Å². The molecule has 0 aliphatic carbocycles. The van der Waals surface area contributed by atoms with Gasteiger partial charge >= 0.3 is 0 Å². The Hall–Kier alpha value is -3.88. The summed E-state index contributed by atoms with van der Waals surface area (Å²) in [5, 5.41) is 0. The van der Waals surface area contributed by atoms with Crippen molar-refractivity contribution in [2.24, 2.45) is 0 Å². The fraction of sp³-hybridized carbons (Fsp3) is 0.360. The van der Waals surface area contributed by atoms with Crippen molar-refractivity contribution in [2.45, 2.75) is 19.4 Å². The predicted molar refractivity (Wildman–Crippen MR) is 122 cm³/mol. The summed E-state index contributed by atoms with van der Waals surface area (Å²) in [5.41, 5.74) is 1.08. The maximum atomic E-state index is 12.5. The number of carbonyl (C=O) groups excluding carboxylic acids is 4. The third kappa shape index (κ3) is 5.92. The minimum absolute atomic E-state index is 0.102. The minimum atomic E-state index is -0.305. The molecule has 0 spiro atoms. The summed E-state index contributed by atoms with van der Waals surface area (Å²) in [6.45, 7) is 1.61. The first kappa shape index (κ1) is 23.3. The molecular weight excluding hydrogens is 438 g/mol. The van der Waals surface area contributed by atoms with E-state index in [4.69, 9.17) is 9.47 Å². The number of benzene rings is 2. The van der Waals surface area contributed by atoms with Crippen LogP contribution in [0, 0.1) is 0 Å². The molecule has 0 bridgehead atoms. The van der Waals surface area contributed by atoms with Crippen LogP contribution in [0.1, 0.15) is 18.4 Å². The summed E-state index contributed by atoms with van der Waals surface area (Å²) < 4.78 is 11.4. The van der Waals surface area contributed by atoms with E-state index < -0.39 is 0 Å². The van der Waals surface area contributed by atoms with E-state index in [0.29, 0.717) is 44.3 Å². The highest BCUT2D eigenvalue weighted by atomic mass is 16.5. The monoisotopic (exact) mass is 465 g/mol. The molecule has 0 aromatic heterocycles. The van der Waals surface area contributed by atoms with E-state index in [9.17, 15) is 19.2 Å². The lowest BCUT2D eigenvalue weighted by atomic mass is 10.2. The van der Waals surface area contributed by atoms with Gasteiger partial charge in [-0.15, -0.1) is 0 Å². The molecule has 2 fully saturated rings. The van der Waals surface area contributed by atoms with Crippen LogP contribution in [0.5, 0.6) is 11.5 Å². The molecule has 2 aliphatic heterocycles. The molecule has 2 heterocycles. The van der Waals surface area contributed by atoms with Gasteiger partial charge in [-0.25, -0.2) is 0 Å². The van der Waals surface area contributed by atoms with Gasteiger partial charge in [0.15, 0.2) is 6.61 Å². The SMILES string of the molecule is O=C(COc1ccc(OCc2ccccc2)cc1)N1CCN(C(=O)CN2C(=O)CCC2=O)CC1. The van der Waals surface area contributed by atoms with Crippen molar-refractivity contribution in [3.8, 4) is 11.5 Å². The quantitative estimate of drug-likeness (QED) is 0.548. The number of piperazine rings is 1. The minimum Gasteiger partial charge on any atom is -0.489 e. The zero-order valence-electron chi connectivity index (χ0n) is 18.9. The lowest BCUT2D eigenvalue weighted by Crippen LogP contribution is -2.53. The number of rotatable bonds is 8. The number of hydrogen-bond donors (Lipinski definition) is 0. The number of amides is 4. The van der Waals surface area contributed by atoms with Crippen molar-refractivity contribution in [1.82, 2.24) is 14.7 Å². The Morgan fingerprint density at radius 2 is 1.24 bits per heavy atom. The van der Waals surface area contributed by atoms with Crippen LogP contribution in [-0.4, -0.2) is 77.7 Å². The van der Waals surface area contributed by atoms with Gasteiger partial charge in [-0.3, -0.25) is 24.1 Å². The second-order valence-corrected chi connectivity index (χ2v) is 8.17. The summed E-state index contributed by atoms with van der Waals surface area (Å²) in [7, 11) is 0. The Morgan fingerprint density at radius 1 is 0.706 bits per heavy atom. The van der Waals surface area contributed by atoms with Crippen LogP contribution < -0.4 is 9.47 Å². The number of nitrogens with zero attached hydrogens (tertiary/aromatic N) is 3. The summed E-state index contributed by atoms with van der Waals surface area (Å²) in [5.74, 6) is 0.220. The molecule has 2 saturated heterocycles. The summed E-state index contributed by atoms with van der Waals surface area (Å²) >= 11 is 0. The highest BCUT2D eigenvalue weighted by Crippen LogP contribution is 2.19. The number of carbonyl (C=O) groups is 4. The first-order chi connectivity index (χ1) is 16.5. The van der Waals surface area contributed by atoms with Crippen molar-refractivity contribution in [2.75, 3.05) is 39.3 Å². The molecule has 0 atom stereocenters. The maximum Gasteiger partial charge on any atom is 0.260 e. The fourth-order valence-electron chi connectivity index (χ4n) is 3.85. The van der Waals surface area contributed by atoms with Crippen LogP contribution in [0.15, 0.2) is 54.6 Å². The molecule has 4 rings (SSSR count). The lowest BCUT2D eigenvalue weighted by molar-refractivity contribution is -0.147. The number of ether oxygens (including phenoxy) is 2. The molecule has 4 amide bonds. The van der Waals surface area contributed by atoms with Gasteiger partial charge < -0.3 is 19.3 Å². The summed E-state index contributed by atoms with van der Waals surface area (Å²) in [6.07, 6.45) is 0.329. The standard InChI is InChI=1S/C25H27N3O6/c29-22-10-11-23(30)28(22)16-24(31)26-12-14-27(15-13-26)25(32)18-34-21-8-6-20(7-9-21)33-17-19-4-2-1-3-5-19/h1-9H,10-18H2. The first-order valence-electron chi connectivity index (χ1n) is 11.3. The van der Waals surface area contributed by atoms with Gasteiger partial charge in [0.05, 0.1) is 0 Å². The molecule has 2 aromatic rings. The Kier molecular flexibility index (Phi) is 7.41. The number of likely N-dealkylation sites (tertiary alicyclic amines) is 1. The fourth-order valence-corrected chi connectivity index (χ4v) is 3.85. The van der Waals surface area contributed by atoms with Gasteiger partial charge in [0.1, 0.15) is 24.7 Å². The third-order valence-corrected chi connectivity index (χ3v) is 5.87. The second-order valence-electron chi connectivity index (χ2n) is 8.17. The van der Waals surface area contributed by atoms with Crippen molar-refractivity contribution >= 4 is 23.6 Å². The van der Waals surface area contributed by atoms with E-state index in [1.54, 1.807) is 34.1 Å². The van der Waals surface area contributed by atoms with Gasteiger partial charge in [0.25, 0.3) is 5.91 Å². The highest BCUT2D eigenvalue weighted by Gasteiger charge is 2.33. The number of imide groups is 1. The molecule has 9 nitrogen and oxygen atoms in total. The summed E-state index contributed by atoms with van der Waals surface area (Å²) in [6, 6.07) is 17.0. The van der Waals surface area contributed by atoms with Gasteiger partial charge in [0, 0.05) is 39.0 Å². The van der Waals surface area contributed by atoms with Gasteiger partial charge in [-0.05, 0) is 29.8 Å². The van der Waals surface area contributed by atoms with Crippen molar-refractivity contribution in [3.63, 3.8) is 0 Å². The second kappa shape index (κ2) is 10.8. The molecule has 9 heteroatoms. The van der Waals surface area contributed by atoms with E-state index in [1.165, 1.54) is 0 Å². The Balaban J connectivity index is 1.17. The van der Waals surface area contributed by atoms with Gasteiger partial charge in [0.2, 0.25) is 17.7 Å². The largest absolute Gasteiger partial charge is 0.489 e. The molecule has 2 aromatic carbocycles. The lowest BCUT2D eigenvalue weighted by Gasteiger charge is -2.35. The smallest absolute Gasteiger partial charge is 0.260 e. The van der Waals surface area contributed by atoms with Crippen LogP contribution in [0.3, 0.4) is 0 Å². The third-order valence-electron chi connectivity index (χ3n) is 5.87. The number of hydrogen-bond acceptors (Lipinski definition) is 6. The topological polar surface area (TPSA) is 96.5 Å². The van der Waals surface area contributed by atoms with Gasteiger partial charge in [-0.2, -0.15) is 0 Å². The first-order valence-corrected chi connectivity index (χ1v) is 11.3. The van der Waals surface area contributed by atoms with E-state index in [1.807, 2.05) is 30.3 Å². The molecular formula is C25H27N3O6. The maximum absolute atomic E-state index is 12.5. The van der Waals surface area contributed by atoms with E-state index >= 15 is 0 Å². The van der Waals surface area contributed by atoms with Crippen LogP contribution in [0.25, 0.3) is 0 Å². The molecule has 34 heavy (non-hydrogen) atoms. The van der Waals surface area contributed by atoms with E-state index in [-0.39, 0.29) is 49.6 Å². The van der Waals surface area contributed by atoms with Crippen molar-refractivity contribution in [3.05, 3.63) is 60.2 Å². The molecule has 0 radical (unpaired) electrons. The molecule has 0 unspecified atom stereocenters. The normalized spacial score (nSPS) is 16.1. The Labute approximate surface area is 197 Å². The van der Waals surface area contributed by atoms with E-state index in [2.05, 4.69) is 0 Å². The van der Waals surface area contributed by atoms with Crippen molar-refractivity contribution in [1.29, 1.82) is 0 Å². The van der Waals surface area contributed by atoms with Crippen LogP contribution in [-0.2, 0) is 25.8 Å². The highest BCUT2D eigenvalue weighted by molar-refractivity contribution is 6.04. The average molecular weight is 466 g/mol.